The molecule has 8 nitrogen and oxygen atoms in total. The van der Waals surface area contributed by atoms with Crippen molar-refractivity contribution < 1.29 is 9.32 Å². The highest BCUT2D eigenvalue weighted by atomic mass is 35.5. The van der Waals surface area contributed by atoms with E-state index in [-0.39, 0.29) is 22.5 Å². The molecule has 0 saturated carbocycles. The minimum Gasteiger partial charge on any atom is -0.315 e. The van der Waals surface area contributed by atoms with E-state index in [9.17, 15) is 4.79 Å². The molecule has 0 spiro atoms. The summed E-state index contributed by atoms with van der Waals surface area (Å²) in [5, 5.41) is 6.10. The largest absolute Gasteiger partial charge is 0.328 e. The Kier molecular flexibility index (Phi) is 3.40. The zero-order valence-electron chi connectivity index (χ0n) is 9.27. The predicted octanol–water partition coefficient (Wildman–Crippen LogP) is 0.964. The van der Waals surface area contributed by atoms with Gasteiger partial charge in [0.15, 0.2) is 5.82 Å². The van der Waals surface area contributed by atoms with Crippen LogP contribution in [0.3, 0.4) is 0 Å². The van der Waals surface area contributed by atoms with E-state index in [1.807, 2.05) is 0 Å². The molecule has 2 aromatic rings. The van der Waals surface area contributed by atoms with Crippen LogP contribution < -0.4 is 16.6 Å². The van der Waals surface area contributed by atoms with Crippen molar-refractivity contribution in [3.05, 3.63) is 28.7 Å². The number of hydrogen-bond acceptors (Lipinski definition) is 7. The molecule has 2 heterocycles. The second-order valence-corrected chi connectivity index (χ2v) is 3.70. The van der Waals surface area contributed by atoms with Crippen LogP contribution in [0.4, 0.5) is 11.8 Å². The van der Waals surface area contributed by atoms with Gasteiger partial charge in [-0.2, -0.15) is 4.98 Å². The lowest BCUT2D eigenvalue weighted by Gasteiger charge is -2.04. The maximum Gasteiger partial charge on any atom is 0.328 e. The Morgan fingerprint density at radius 2 is 2.22 bits per heavy atom. The van der Waals surface area contributed by atoms with Gasteiger partial charge in [-0.25, -0.2) is 10.8 Å². The molecule has 0 atom stereocenters. The molecule has 0 radical (unpaired) electrons. The first-order valence-corrected chi connectivity index (χ1v) is 5.22. The van der Waals surface area contributed by atoms with E-state index < -0.39 is 5.91 Å². The molecule has 18 heavy (non-hydrogen) atoms. The van der Waals surface area contributed by atoms with E-state index in [1.165, 1.54) is 12.1 Å². The number of aromatic nitrogens is 3. The standard InChI is InChI=1S/C9H9ClN6O2/c1-4-12-9(18-16-4)14-8(17)5-2-6(10)13-7(3-5)15-11/h2-3H,11H2,1H3,(H,13,15)(H,12,14,16,17). The summed E-state index contributed by atoms with van der Waals surface area (Å²) in [6.07, 6.45) is 0. The molecule has 0 aliphatic rings. The lowest BCUT2D eigenvalue weighted by atomic mass is 10.2. The Morgan fingerprint density at radius 1 is 1.44 bits per heavy atom. The van der Waals surface area contributed by atoms with Crippen molar-refractivity contribution >= 4 is 29.3 Å². The van der Waals surface area contributed by atoms with Crippen LogP contribution in [0.2, 0.25) is 5.15 Å². The SMILES string of the molecule is Cc1noc(NC(=O)c2cc(Cl)nc(NN)c2)n1. The summed E-state index contributed by atoms with van der Waals surface area (Å²) < 4.78 is 4.76. The number of aryl methyl sites for hydroxylation is 1. The maximum absolute atomic E-state index is 11.8. The van der Waals surface area contributed by atoms with Crippen LogP contribution in [0.15, 0.2) is 16.7 Å². The number of nitrogens with one attached hydrogen (secondary N) is 2. The molecule has 0 aliphatic carbocycles. The van der Waals surface area contributed by atoms with Crippen molar-refractivity contribution in [3.63, 3.8) is 0 Å². The van der Waals surface area contributed by atoms with Crippen molar-refractivity contribution in [1.29, 1.82) is 0 Å². The Hall–Kier alpha value is -2.19. The normalized spacial score (nSPS) is 10.2. The summed E-state index contributed by atoms with van der Waals surface area (Å²) in [5.41, 5.74) is 2.57. The number of rotatable bonds is 3. The Morgan fingerprint density at radius 3 is 2.83 bits per heavy atom. The zero-order valence-corrected chi connectivity index (χ0v) is 10.0. The number of halogens is 1. The van der Waals surface area contributed by atoms with Crippen LogP contribution in [-0.4, -0.2) is 21.0 Å². The van der Waals surface area contributed by atoms with E-state index in [0.717, 1.165) is 0 Å². The molecule has 0 aromatic carbocycles. The van der Waals surface area contributed by atoms with Gasteiger partial charge in [-0.05, 0) is 19.1 Å². The smallest absolute Gasteiger partial charge is 0.315 e. The van der Waals surface area contributed by atoms with Gasteiger partial charge in [0.1, 0.15) is 11.0 Å². The fourth-order valence-corrected chi connectivity index (χ4v) is 1.43. The first kappa shape index (κ1) is 12.3. The van der Waals surface area contributed by atoms with Gasteiger partial charge < -0.3 is 9.95 Å². The first-order valence-electron chi connectivity index (χ1n) is 4.84. The van der Waals surface area contributed by atoms with Crippen LogP contribution in [-0.2, 0) is 0 Å². The summed E-state index contributed by atoms with van der Waals surface area (Å²) in [7, 11) is 0. The number of hydrazine groups is 1. The van der Waals surface area contributed by atoms with Gasteiger partial charge in [-0.15, -0.1) is 0 Å². The number of carbonyl (C=O) groups is 1. The van der Waals surface area contributed by atoms with E-state index in [1.54, 1.807) is 6.92 Å². The van der Waals surface area contributed by atoms with Gasteiger partial charge in [0, 0.05) is 5.56 Å². The van der Waals surface area contributed by atoms with E-state index in [2.05, 4.69) is 25.9 Å². The monoisotopic (exact) mass is 268 g/mol. The molecule has 9 heteroatoms. The molecule has 0 bridgehead atoms. The lowest BCUT2D eigenvalue weighted by molar-refractivity contribution is 0.102. The fraction of sp³-hybridized carbons (Fsp3) is 0.111. The number of nitrogens with two attached hydrogens (primary N) is 1. The highest BCUT2D eigenvalue weighted by Gasteiger charge is 2.12. The van der Waals surface area contributed by atoms with Crippen molar-refractivity contribution in [2.75, 3.05) is 10.7 Å². The maximum atomic E-state index is 11.8. The summed E-state index contributed by atoms with van der Waals surface area (Å²) in [5.74, 6) is 5.43. The topological polar surface area (TPSA) is 119 Å². The van der Waals surface area contributed by atoms with Crippen LogP contribution in [0.5, 0.6) is 0 Å². The molecular formula is C9H9ClN6O2. The molecule has 4 N–H and O–H groups in total. The third-order valence-electron chi connectivity index (χ3n) is 1.95. The number of carbonyl (C=O) groups excluding carboxylic acids is 1. The van der Waals surface area contributed by atoms with Crippen LogP contribution >= 0.6 is 11.6 Å². The summed E-state index contributed by atoms with van der Waals surface area (Å²) >= 11 is 5.74. The molecule has 0 aliphatic heterocycles. The number of anilines is 2. The highest BCUT2D eigenvalue weighted by Crippen LogP contribution is 2.15. The predicted molar refractivity (Wildman–Crippen MR) is 64.0 cm³/mol. The number of hydrogen-bond donors (Lipinski definition) is 3. The molecule has 0 saturated heterocycles. The zero-order chi connectivity index (χ0) is 13.1. The van der Waals surface area contributed by atoms with Crippen LogP contribution in [0.1, 0.15) is 16.2 Å². The average molecular weight is 269 g/mol. The molecule has 2 rings (SSSR count). The van der Waals surface area contributed by atoms with Crippen molar-refractivity contribution in [2.24, 2.45) is 5.84 Å². The number of nitrogens with zero attached hydrogens (tertiary/aromatic N) is 3. The Bertz CT molecular complexity index is 584. The third kappa shape index (κ3) is 2.73. The first-order chi connectivity index (χ1) is 8.58. The number of nitrogen functional groups attached to an aromatic ring is 1. The quantitative estimate of drug-likeness (QED) is 0.431. The molecule has 0 unspecified atom stereocenters. The van der Waals surface area contributed by atoms with Crippen LogP contribution in [0.25, 0.3) is 0 Å². The Labute approximate surface area is 106 Å². The van der Waals surface area contributed by atoms with E-state index in [4.69, 9.17) is 22.0 Å². The van der Waals surface area contributed by atoms with Crippen molar-refractivity contribution in [2.45, 2.75) is 6.92 Å². The second kappa shape index (κ2) is 4.98. The van der Waals surface area contributed by atoms with Crippen molar-refractivity contribution in [1.82, 2.24) is 15.1 Å². The second-order valence-electron chi connectivity index (χ2n) is 3.31. The molecule has 1 amide bonds. The van der Waals surface area contributed by atoms with Gasteiger partial charge in [0.25, 0.3) is 5.91 Å². The molecular weight excluding hydrogens is 260 g/mol. The van der Waals surface area contributed by atoms with Gasteiger partial charge >= 0.3 is 6.01 Å². The fourth-order valence-electron chi connectivity index (χ4n) is 1.22. The van der Waals surface area contributed by atoms with Gasteiger partial charge in [-0.1, -0.05) is 16.8 Å². The van der Waals surface area contributed by atoms with Gasteiger partial charge in [0.2, 0.25) is 0 Å². The summed E-state index contributed by atoms with van der Waals surface area (Å²) in [4.78, 5) is 19.5. The number of pyridine rings is 1. The number of amides is 1. The molecule has 2 aromatic heterocycles. The van der Waals surface area contributed by atoms with E-state index >= 15 is 0 Å². The van der Waals surface area contributed by atoms with Gasteiger partial charge in [0.05, 0.1) is 0 Å². The van der Waals surface area contributed by atoms with Crippen LogP contribution in [0, 0.1) is 6.92 Å². The lowest BCUT2D eigenvalue weighted by Crippen LogP contribution is -2.14. The minimum atomic E-state index is -0.459. The summed E-state index contributed by atoms with van der Waals surface area (Å²) in [6.45, 7) is 1.64. The highest BCUT2D eigenvalue weighted by molar-refractivity contribution is 6.30. The average Bonchev–Trinajstić information content (AvgIpc) is 2.73. The minimum absolute atomic E-state index is 0.00712. The Balaban J connectivity index is 2.20. The molecule has 94 valence electrons. The molecule has 0 fully saturated rings. The van der Waals surface area contributed by atoms with Gasteiger partial charge in [-0.3, -0.25) is 10.1 Å². The van der Waals surface area contributed by atoms with E-state index in [0.29, 0.717) is 5.82 Å². The van der Waals surface area contributed by atoms with Crippen molar-refractivity contribution in [3.8, 4) is 0 Å². The third-order valence-corrected chi connectivity index (χ3v) is 2.15. The summed E-state index contributed by atoms with van der Waals surface area (Å²) in [6, 6.07) is 2.83.